The fourth-order valence-corrected chi connectivity index (χ4v) is 2.28. The SMILES string of the molecule is CCCSCC(=O)CCc1ccc(OC)cc1. The lowest BCUT2D eigenvalue weighted by Gasteiger charge is -2.03. The Kier molecular flexibility index (Phi) is 6.78. The summed E-state index contributed by atoms with van der Waals surface area (Å²) in [7, 11) is 1.66. The van der Waals surface area contributed by atoms with Gasteiger partial charge in [0.2, 0.25) is 0 Å². The maximum Gasteiger partial charge on any atom is 0.143 e. The first-order valence-electron chi connectivity index (χ1n) is 5.98. The Morgan fingerprint density at radius 2 is 2.00 bits per heavy atom. The van der Waals surface area contributed by atoms with Crippen LogP contribution in [0.15, 0.2) is 24.3 Å². The van der Waals surface area contributed by atoms with Crippen molar-refractivity contribution in [3.8, 4) is 5.75 Å². The van der Waals surface area contributed by atoms with Crippen molar-refractivity contribution >= 4 is 17.5 Å². The van der Waals surface area contributed by atoms with Crippen LogP contribution in [0.4, 0.5) is 0 Å². The molecule has 0 bridgehead atoms. The molecule has 0 unspecified atom stereocenters. The fourth-order valence-electron chi connectivity index (χ4n) is 1.48. The van der Waals surface area contributed by atoms with E-state index in [0.29, 0.717) is 18.0 Å². The van der Waals surface area contributed by atoms with Gasteiger partial charge in [-0.15, -0.1) is 0 Å². The molecule has 1 rings (SSSR count). The van der Waals surface area contributed by atoms with Gasteiger partial charge in [0.1, 0.15) is 11.5 Å². The topological polar surface area (TPSA) is 26.3 Å². The molecule has 3 heteroatoms. The first kappa shape index (κ1) is 14.1. The number of ether oxygens (including phenoxy) is 1. The number of Topliss-reactive ketones (excluding diaryl/α,β-unsaturated/α-hetero) is 1. The van der Waals surface area contributed by atoms with Gasteiger partial charge in [0.15, 0.2) is 0 Å². The third-order valence-corrected chi connectivity index (χ3v) is 3.69. The molecule has 0 aliphatic carbocycles. The maximum absolute atomic E-state index is 11.6. The smallest absolute Gasteiger partial charge is 0.143 e. The first-order chi connectivity index (χ1) is 8.26. The molecule has 1 aromatic carbocycles. The molecule has 0 N–H and O–H groups in total. The summed E-state index contributed by atoms with van der Waals surface area (Å²) in [5, 5.41) is 0. The summed E-state index contributed by atoms with van der Waals surface area (Å²) in [6.45, 7) is 2.13. The average molecular weight is 252 g/mol. The Morgan fingerprint density at radius 1 is 1.29 bits per heavy atom. The zero-order valence-corrected chi connectivity index (χ0v) is 11.4. The zero-order chi connectivity index (χ0) is 12.5. The van der Waals surface area contributed by atoms with Crippen molar-refractivity contribution in [3.05, 3.63) is 29.8 Å². The molecule has 1 aromatic rings. The van der Waals surface area contributed by atoms with Crippen molar-refractivity contribution in [2.45, 2.75) is 26.2 Å². The molecular weight excluding hydrogens is 232 g/mol. The minimum absolute atomic E-state index is 0.347. The van der Waals surface area contributed by atoms with Crippen LogP contribution in [0.2, 0.25) is 0 Å². The molecule has 0 aromatic heterocycles. The highest BCUT2D eigenvalue weighted by Gasteiger charge is 2.03. The summed E-state index contributed by atoms with van der Waals surface area (Å²) < 4.78 is 5.09. The van der Waals surface area contributed by atoms with E-state index in [0.717, 1.165) is 24.3 Å². The Morgan fingerprint density at radius 3 is 2.59 bits per heavy atom. The average Bonchev–Trinajstić information content (AvgIpc) is 2.37. The predicted octanol–water partition coefficient (Wildman–Crippen LogP) is 3.34. The molecule has 0 saturated carbocycles. The minimum atomic E-state index is 0.347. The molecule has 0 spiro atoms. The lowest BCUT2D eigenvalue weighted by atomic mass is 10.1. The van der Waals surface area contributed by atoms with Gasteiger partial charge in [-0.3, -0.25) is 4.79 Å². The number of ketones is 1. The van der Waals surface area contributed by atoms with Crippen LogP contribution in [0.1, 0.15) is 25.3 Å². The van der Waals surface area contributed by atoms with Gasteiger partial charge in [-0.05, 0) is 36.3 Å². The largest absolute Gasteiger partial charge is 0.497 e. The van der Waals surface area contributed by atoms with Gasteiger partial charge in [-0.1, -0.05) is 19.1 Å². The lowest BCUT2D eigenvalue weighted by Crippen LogP contribution is -2.03. The van der Waals surface area contributed by atoms with E-state index < -0.39 is 0 Å². The van der Waals surface area contributed by atoms with Crippen molar-refractivity contribution in [3.63, 3.8) is 0 Å². The molecule has 17 heavy (non-hydrogen) atoms. The standard InChI is InChI=1S/C14H20O2S/c1-3-10-17-11-13(15)7-4-12-5-8-14(16-2)9-6-12/h5-6,8-9H,3-4,7,10-11H2,1-2H3. The van der Waals surface area contributed by atoms with Gasteiger partial charge in [0, 0.05) is 6.42 Å². The van der Waals surface area contributed by atoms with Gasteiger partial charge in [0.05, 0.1) is 12.9 Å². The van der Waals surface area contributed by atoms with E-state index in [-0.39, 0.29) is 0 Å². The van der Waals surface area contributed by atoms with E-state index in [9.17, 15) is 4.79 Å². The number of hydrogen-bond acceptors (Lipinski definition) is 3. The van der Waals surface area contributed by atoms with Crippen LogP contribution in [-0.4, -0.2) is 24.4 Å². The number of methoxy groups -OCH3 is 1. The van der Waals surface area contributed by atoms with E-state index in [1.165, 1.54) is 5.56 Å². The second-order valence-electron chi connectivity index (χ2n) is 3.94. The molecule has 0 amide bonds. The second-order valence-corrected chi connectivity index (χ2v) is 5.04. The Balaban J connectivity index is 2.27. The Labute approximate surface area is 108 Å². The van der Waals surface area contributed by atoms with Crippen molar-refractivity contribution in [2.24, 2.45) is 0 Å². The summed E-state index contributed by atoms with van der Waals surface area (Å²) in [5.74, 6) is 2.94. The molecular formula is C14H20O2S. The van der Waals surface area contributed by atoms with Crippen LogP contribution in [0, 0.1) is 0 Å². The highest BCUT2D eigenvalue weighted by Crippen LogP contribution is 2.13. The number of rotatable bonds is 8. The number of aryl methyl sites for hydroxylation is 1. The van der Waals surface area contributed by atoms with E-state index >= 15 is 0 Å². The molecule has 0 saturated heterocycles. The van der Waals surface area contributed by atoms with Gasteiger partial charge >= 0.3 is 0 Å². The zero-order valence-electron chi connectivity index (χ0n) is 10.6. The lowest BCUT2D eigenvalue weighted by molar-refractivity contribution is -0.116. The molecule has 0 heterocycles. The van der Waals surface area contributed by atoms with Crippen LogP contribution in [0.3, 0.4) is 0 Å². The third-order valence-electron chi connectivity index (χ3n) is 2.46. The van der Waals surface area contributed by atoms with Crippen molar-refractivity contribution in [1.29, 1.82) is 0 Å². The number of thioether (sulfide) groups is 1. The minimum Gasteiger partial charge on any atom is -0.497 e. The summed E-state index contributed by atoms with van der Waals surface area (Å²) in [6, 6.07) is 7.91. The fraction of sp³-hybridized carbons (Fsp3) is 0.500. The van der Waals surface area contributed by atoms with E-state index in [1.54, 1.807) is 18.9 Å². The first-order valence-corrected chi connectivity index (χ1v) is 7.14. The summed E-state index contributed by atoms with van der Waals surface area (Å²) in [6.07, 6.45) is 2.61. The quantitative estimate of drug-likeness (QED) is 0.664. The molecule has 0 radical (unpaired) electrons. The summed E-state index contributed by atoms with van der Waals surface area (Å²) in [5.41, 5.74) is 1.19. The van der Waals surface area contributed by atoms with E-state index in [1.807, 2.05) is 24.3 Å². The monoisotopic (exact) mass is 252 g/mol. The molecule has 0 atom stereocenters. The number of carbonyl (C=O) groups is 1. The third kappa shape index (κ3) is 5.78. The van der Waals surface area contributed by atoms with Gasteiger partial charge < -0.3 is 4.74 Å². The molecule has 2 nitrogen and oxygen atoms in total. The van der Waals surface area contributed by atoms with Crippen molar-refractivity contribution in [2.75, 3.05) is 18.6 Å². The van der Waals surface area contributed by atoms with Gasteiger partial charge in [-0.25, -0.2) is 0 Å². The second kappa shape index (κ2) is 8.18. The summed E-state index contributed by atoms with van der Waals surface area (Å²) in [4.78, 5) is 11.6. The number of hydrogen-bond donors (Lipinski definition) is 0. The van der Waals surface area contributed by atoms with Crippen LogP contribution in [-0.2, 0) is 11.2 Å². The molecule has 94 valence electrons. The maximum atomic E-state index is 11.6. The Bertz CT molecular complexity index is 333. The predicted molar refractivity (Wildman–Crippen MR) is 73.9 cm³/mol. The van der Waals surface area contributed by atoms with Gasteiger partial charge in [0.25, 0.3) is 0 Å². The van der Waals surface area contributed by atoms with Crippen LogP contribution in [0.5, 0.6) is 5.75 Å². The highest BCUT2D eigenvalue weighted by atomic mass is 32.2. The van der Waals surface area contributed by atoms with Crippen LogP contribution in [0.25, 0.3) is 0 Å². The molecule has 0 fully saturated rings. The van der Waals surface area contributed by atoms with Gasteiger partial charge in [-0.2, -0.15) is 11.8 Å². The summed E-state index contributed by atoms with van der Waals surface area (Å²) >= 11 is 1.73. The number of benzene rings is 1. The van der Waals surface area contributed by atoms with Crippen LogP contribution >= 0.6 is 11.8 Å². The molecule has 0 aliphatic heterocycles. The van der Waals surface area contributed by atoms with Crippen LogP contribution < -0.4 is 4.74 Å². The van der Waals surface area contributed by atoms with Crippen molar-refractivity contribution in [1.82, 2.24) is 0 Å². The number of carbonyl (C=O) groups excluding carboxylic acids is 1. The highest BCUT2D eigenvalue weighted by molar-refractivity contribution is 7.99. The molecule has 0 aliphatic rings. The van der Waals surface area contributed by atoms with E-state index in [2.05, 4.69) is 6.92 Å². The normalized spacial score (nSPS) is 10.2. The van der Waals surface area contributed by atoms with E-state index in [4.69, 9.17) is 4.74 Å². The Hall–Kier alpha value is -0.960. The van der Waals surface area contributed by atoms with Crippen molar-refractivity contribution < 1.29 is 9.53 Å².